The number of hydrogen-bond acceptors (Lipinski definition) is 1. The molecule has 0 aromatic carbocycles. The second-order valence-electron chi connectivity index (χ2n) is 7.59. The Hall–Kier alpha value is -0.530. The van der Waals surface area contributed by atoms with Crippen molar-refractivity contribution in [2.24, 2.45) is 4.99 Å². The van der Waals surface area contributed by atoms with Crippen LogP contribution in [0, 0.1) is 0 Å². The van der Waals surface area contributed by atoms with Gasteiger partial charge >= 0.3 is 0 Å². The van der Waals surface area contributed by atoms with E-state index in [2.05, 4.69) is 17.2 Å². The smallest absolute Gasteiger partial charge is 0.0362 e. The number of rotatable bonds is 18. The predicted molar refractivity (Wildman–Crippen MR) is 109 cm³/mol. The number of amidine groups is 1. The summed E-state index contributed by atoms with van der Waals surface area (Å²) < 4.78 is 0. The predicted octanol–water partition coefficient (Wildman–Crippen LogP) is 7.81. The standard InChI is InChI=1S/C22H43N2/c1-2-3-4-5-6-7-8-9-10-11-12-13-14-15-16-17-18-19-22-23-20-21-24-22/h2-21H2,1H3/q-1. The lowest BCUT2D eigenvalue weighted by Gasteiger charge is -2.09. The number of nitrogens with zero attached hydrogens (tertiary/aromatic N) is 2. The molecule has 0 bridgehead atoms. The first-order valence-electron chi connectivity index (χ1n) is 11.1. The van der Waals surface area contributed by atoms with Gasteiger partial charge in [0.2, 0.25) is 0 Å². The molecule has 0 radical (unpaired) electrons. The fourth-order valence-corrected chi connectivity index (χ4v) is 3.57. The van der Waals surface area contributed by atoms with Crippen LogP contribution in [0.15, 0.2) is 4.99 Å². The van der Waals surface area contributed by atoms with Crippen molar-refractivity contribution in [1.82, 2.24) is 0 Å². The lowest BCUT2D eigenvalue weighted by Crippen LogP contribution is -1.92. The van der Waals surface area contributed by atoms with Gasteiger partial charge in [-0.05, 0) is 12.8 Å². The third-order valence-electron chi connectivity index (χ3n) is 5.19. The van der Waals surface area contributed by atoms with E-state index in [-0.39, 0.29) is 0 Å². The Morgan fingerprint density at radius 1 is 0.625 bits per heavy atom. The van der Waals surface area contributed by atoms with E-state index in [9.17, 15) is 0 Å². The van der Waals surface area contributed by atoms with Gasteiger partial charge < -0.3 is 10.3 Å². The molecule has 0 fully saturated rings. The van der Waals surface area contributed by atoms with Crippen molar-refractivity contribution < 1.29 is 0 Å². The van der Waals surface area contributed by atoms with Gasteiger partial charge in [0.05, 0.1) is 0 Å². The van der Waals surface area contributed by atoms with E-state index in [1.54, 1.807) is 0 Å². The zero-order valence-corrected chi connectivity index (χ0v) is 16.5. The first-order chi connectivity index (χ1) is 11.9. The van der Waals surface area contributed by atoms with Crippen LogP contribution in [0.4, 0.5) is 0 Å². The third kappa shape index (κ3) is 13.9. The summed E-state index contributed by atoms with van der Waals surface area (Å²) in [5.41, 5.74) is 0. The molecule has 1 aliphatic heterocycles. The topological polar surface area (TPSA) is 26.5 Å². The van der Waals surface area contributed by atoms with Crippen molar-refractivity contribution in [2.75, 3.05) is 13.1 Å². The maximum Gasteiger partial charge on any atom is -0.0362 e. The lowest BCUT2D eigenvalue weighted by molar-refractivity contribution is 0.528. The number of hydrogen-bond donors (Lipinski definition) is 0. The van der Waals surface area contributed by atoms with Crippen LogP contribution in [-0.2, 0) is 0 Å². The summed E-state index contributed by atoms with van der Waals surface area (Å²) in [5, 5.41) is 4.40. The van der Waals surface area contributed by atoms with Gasteiger partial charge in [-0.2, -0.15) is 0 Å². The highest BCUT2D eigenvalue weighted by Crippen LogP contribution is 2.15. The summed E-state index contributed by atoms with van der Waals surface area (Å²) in [6, 6.07) is 0. The van der Waals surface area contributed by atoms with E-state index in [1.165, 1.54) is 109 Å². The molecule has 0 unspecified atom stereocenters. The fourth-order valence-electron chi connectivity index (χ4n) is 3.57. The third-order valence-corrected chi connectivity index (χ3v) is 5.19. The van der Waals surface area contributed by atoms with Crippen molar-refractivity contribution in [3.63, 3.8) is 0 Å². The molecule has 142 valence electrons. The van der Waals surface area contributed by atoms with E-state index in [4.69, 9.17) is 0 Å². The molecule has 0 atom stereocenters. The van der Waals surface area contributed by atoms with Crippen LogP contribution in [0.2, 0.25) is 0 Å². The maximum absolute atomic E-state index is 4.40. The Balaban J connectivity index is 1.65. The Kier molecular flexibility index (Phi) is 15.5. The van der Waals surface area contributed by atoms with Gasteiger partial charge in [0.15, 0.2) is 0 Å². The van der Waals surface area contributed by atoms with Gasteiger partial charge in [-0.15, -0.1) is 0 Å². The minimum absolute atomic E-state index is 0.939. The van der Waals surface area contributed by atoms with Gasteiger partial charge in [-0.3, -0.25) is 0 Å². The number of unbranched alkanes of at least 4 members (excludes halogenated alkanes) is 16. The molecular weight excluding hydrogens is 292 g/mol. The molecule has 2 nitrogen and oxygen atoms in total. The van der Waals surface area contributed by atoms with Crippen LogP contribution in [0.3, 0.4) is 0 Å². The van der Waals surface area contributed by atoms with E-state index in [0.717, 1.165) is 25.3 Å². The van der Waals surface area contributed by atoms with Crippen LogP contribution >= 0.6 is 0 Å². The normalized spacial score (nSPS) is 14.0. The Morgan fingerprint density at radius 2 is 1.04 bits per heavy atom. The second-order valence-corrected chi connectivity index (χ2v) is 7.59. The molecule has 0 aliphatic carbocycles. The zero-order valence-electron chi connectivity index (χ0n) is 16.5. The van der Waals surface area contributed by atoms with E-state index in [1.807, 2.05) is 0 Å². The summed E-state index contributed by atoms with van der Waals surface area (Å²) in [7, 11) is 0. The average Bonchev–Trinajstić information content (AvgIpc) is 3.11. The number of aliphatic imine (C=N–C) groups is 1. The van der Waals surface area contributed by atoms with Gasteiger partial charge in [-0.25, -0.2) is 0 Å². The highest BCUT2D eigenvalue weighted by atomic mass is 15.1. The van der Waals surface area contributed by atoms with Gasteiger partial charge in [0.1, 0.15) is 0 Å². The molecule has 2 heteroatoms. The highest BCUT2D eigenvalue weighted by Gasteiger charge is 1.96. The molecule has 24 heavy (non-hydrogen) atoms. The summed E-state index contributed by atoms with van der Waals surface area (Å²) >= 11 is 0. The van der Waals surface area contributed by atoms with Gasteiger partial charge in [0.25, 0.3) is 0 Å². The van der Waals surface area contributed by atoms with Crippen molar-refractivity contribution in [3.8, 4) is 0 Å². The Labute approximate surface area is 152 Å². The molecule has 1 heterocycles. The molecule has 0 spiro atoms. The second kappa shape index (κ2) is 17.3. The van der Waals surface area contributed by atoms with Crippen LogP contribution in [0.5, 0.6) is 0 Å². The first-order valence-corrected chi connectivity index (χ1v) is 11.1. The summed E-state index contributed by atoms with van der Waals surface area (Å²) in [6.07, 6.45) is 25.6. The molecule has 0 aromatic rings. The first kappa shape index (κ1) is 21.5. The van der Waals surface area contributed by atoms with E-state index in [0.29, 0.717) is 0 Å². The summed E-state index contributed by atoms with van der Waals surface area (Å²) in [5.74, 6) is 1.14. The Morgan fingerprint density at radius 3 is 1.42 bits per heavy atom. The quantitative estimate of drug-likeness (QED) is 0.228. The summed E-state index contributed by atoms with van der Waals surface area (Å²) in [4.78, 5) is 4.40. The molecule has 0 aromatic heterocycles. The molecule has 1 rings (SSSR count). The van der Waals surface area contributed by atoms with Crippen molar-refractivity contribution in [2.45, 2.75) is 122 Å². The van der Waals surface area contributed by atoms with Crippen LogP contribution in [0.25, 0.3) is 5.32 Å². The molecule has 0 saturated heterocycles. The molecule has 0 saturated carbocycles. The molecule has 1 aliphatic rings. The SMILES string of the molecule is CCCCCCCCCCCCCCCCCCCC1=NCC[N-]1. The molecule has 0 N–H and O–H groups in total. The lowest BCUT2D eigenvalue weighted by atomic mass is 10.0. The van der Waals surface area contributed by atoms with Crippen molar-refractivity contribution in [1.29, 1.82) is 0 Å². The largest absolute Gasteiger partial charge is 0.469 e. The van der Waals surface area contributed by atoms with Crippen molar-refractivity contribution in [3.05, 3.63) is 5.32 Å². The van der Waals surface area contributed by atoms with Gasteiger partial charge in [-0.1, -0.05) is 129 Å². The molecular formula is C22H43N2-. The average molecular weight is 336 g/mol. The Bertz CT molecular complexity index is 286. The highest BCUT2D eigenvalue weighted by molar-refractivity contribution is 5.95. The minimum Gasteiger partial charge on any atom is -0.469 e. The minimum atomic E-state index is 0.939. The van der Waals surface area contributed by atoms with Crippen LogP contribution in [0.1, 0.15) is 122 Å². The van der Waals surface area contributed by atoms with Gasteiger partial charge in [0, 0.05) is 0 Å². The monoisotopic (exact) mass is 335 g/mol. The van der Waals surface area contributed by atoms with E-state index < -0.39 is 0 Å². The molecule has 0 amide bonds. The van der Waals surface area contributed by atoms with Crippen molar-refractivity contribution >= 4 is 5.84 Å². The maximum atomic E-state index is 4.40. The zero-order chi connectivity index (χ0) is 17.1. The van der Waals surface area contributed by atoms with Crippen LogP contribution < -0.4 is 0 Å². The van der Waals surface area contributed by atoms with Crippen LogP contribution in [-0.4, -0.2) is 18.9 Å². The fraction of sp³-hybridized carbons (Fsp3) is 0.955. The van der Waals surface area contributed by atoms with E-state index >= 15 is 0 Å². The summed E-state index contributed by atoms with van der Waals surface area (Å²) in [6.45, 7) is 4.17.